The van der Waals surface area contributed by atoms with E-state index in [-0.39, 0.29) is 5.54 Å². The van der Waals surface area contributed by atoms with Crippen molar-refractivity contribution >= 4 is 0 Å². The van der Waals surface area contributed by atoms with Crippen LogP contribution < -0.4 is 5.32 Å². The van der Waals surface area contributed by atoms with Gasteiger partial charge in [0.15, 0.2) is 0 Å². The number of nitrogens with zero attached hydrogens (tertiary/aromatic N) is 1. The summed E-state index contributed by atoms with van der Waals surface area (Å²) in [4.78, 5) is 2.56. The fourth-order valence-corrected chi connectivity index (χ4v) is 2.80. The van der Waals surface area contributed by atoms with Crippen molar-refractivity contribution in [2.45, 2.75) is 32.4 Å². The van der Waals surface area contributed by atoms with Crippen LogP contribution in [-0.4, -0.2) is 30.1 Å². The van der Waals surface area contributed by atoms with Gasteiger partial charge in [0.2, 0.25) is 0 Å². The molecule has 0 aliphatic carbocycles. The fraction of sp³-hybridized carbons (Fsp3) is 0.571. The molecule has 2 rings (SSSR count). The first-order chi connectivity index (χ1) is 7.66. The highest BCUT2D eigenvalue weighted by atomic mass is 15.3. The number of likely N-dealkylation sites (N-methyl/N-ethyl adjacent to an activating group) is 1. The van der Waals surface area contributed by atoms with E-state index < -0.39 is 0 Å². The smallest absolute Gasteiger partial charge is 0.0502 e. The molecule has 1 aliphatic rings. The highest BCUT2D eigenvalue weighted by molar-refractivity contribution is 5.23. The number of benzene rings is 1. The third-order valence-electron chi connectivity index (χ3n) is 3.77. The first-order valence-electron chi connectivity index (χ1n) is 6.19. The van der Waals surface area contributed by atoms with Crippen molar-refractivity contribution in [1.29, 1.82) is 0 Å². The first kappa shape index (κ1) is 11.6. The predicted molar refractivity (Wildman–Crippen MR) is 68.5 cm³/mol. The summed E-state index contributed by atoms with van der Waals surface area (Å²) >= 11 is 0. The lowest BCUT2D eigenvalue weighted by atomic mass is 9.85. The lowest BCUT2D eigenvalue weighted by Gasteiger charge is -2.48. The van der Waals surface area contributed by atoms with Crippen molar-refractivity contribution in [3.05, 3.63) is 35.9 Å². The van der Waals surface area contributed by atoms with Crippen molar-refractivity contribution in [2.75, 3.05) is 19.6 Å². The number of hydrogen-bond donors (Lipinski definition) is 1. The Hall–Kier alpha value is -0.860. The van der Waals surface area contributed by atoms with Crippen molar-refractivity contribution < 1.29 is 0 Å². The molecule has 1 aliphatic heterocycles. The van der Waals surface area contributed by atoms with Gasteiger partial charge in [0.05, 0.1) is 6.04 Å². The van der Waals surface area contributed by atoms with Gasteiger partial charge in [-0.15, -0.1) is 0 Å². The fourth-order valence-electron chi connectivity index (χ4n) is 2.80. The monoisotopic (exact) mass is 218 g/mol. The maximum Gasteiger partial charge on any atom is 0.0502 e. The van der Waals surface area contributed by atoms with Crippen LogP contribution in [0.15, 0.2) is 30.3 Å². The molecule has 0 unspecified atom stereocenters. The minimum atomic E-state index is 0.189. The molecule has 0 aromatic heterocycles. The van der Waals surface area contributed by atoms with Crippen LogP contribution in [0.25, 0.3) is 0 Å². The Kier molecular flexibility index (Phi) is 3.31. The Balaban J connectivity index is 2.27. The van der Waals surface area contributed by atoms with Crippen LogP contribution in [0.4, 0.5) is 0 Å². The van der Waals surface area contributed by atoms with Gasteiger partial charge >= 0.3 is 0 Å². The first-order valence-corrected chi connectivity index (χ1v) is 6.19. The minimum Gasteiger partial charge on any atom is -0.307 e. The zero-order valence-corrected chi connectivity index (χ0v) is 10.5. The van der Waals surface area contributed by atoms with Crippen LogP contribution >= 0.6 is 0 Å². The minimum absolute atomic E-state index is 0.189. The van der Waals surface area contributed by atoms with Crippen LogP contribution in [0.3, 0.4) is 0 Å². The summed E-state index contributed by atoms with van der Waals surface area (Å²) in [5.41, 5.74) is 1.58. The molecule has 2 nitrogen and oxygen atoms in total. The largest absolute Gasteiger partial charge is 0.307 e. The molecule has 0 bridgehead atoms. The van der Waals surface area contributed by atoms with E-state index in [0.29, 0.717) is 6.04 Å². The molecule has 1 fully saturated rings. The predicted octanol–water partition coefficient (Wildman–Crippen LogP) is 2.43. The van der Waals surface area contributed by atoms with Gasteiger partial charge in [0.1, 0.15) is 0 Å². The molecule has 0 radical (unpaired) electrons. The topological polar surface area (TPSA) is 15.3 Å². The van der Waals surface area contributed by atoms with Gasteiger partial charge in [-0.2, -0.15) is 0 Å². The molecular formula is C14H22N2. The Morgan fingerprint density at radius 1 is 1.31 bits per heavy atom. The van der Waals surface area contributed by atoms with E-state index in [1.54, 1.807) is 0 Å². The summed E-state index contributed by atoms with van der Waals surface area (Å²) in [7, 11) is 0. The Bertz CT molecular complexity index is 332. The second-order valence-electron chi connectivity index (χ2n) is 5.03. The van der Waals surface area contributed by atoms with Gasteiger partial charge in [-0.05, 0) is 26.0 Å². The maximum atomic E-state index is 3.65. The van der Waals surface area contributed by atoms with Crippen LogP contribution in [0.5, 0.6) is 0 Å². The lowest BCUT2D eigenvalue weighted by Crippen LogP contribution is -2.59. The molecule has 1 aromatic carbocycles. The van der Waals surface area contributed by atoms with E-state index in [1.807, 2.05) is 0 Å². The standard InChI is InChI=1S/C14H22N2/c1-4-16-11-10-15-13(14(16,2)3)12-8-6-5-7-9-12/h5-9,13,15H,4,10-11H2,1-3H3/t13-/m0/s1. The summed E-state index contributed by atoms with van der Waals surface area (Å²) in [5, 5.41) is 3.65. The number of piperazine rings is 1. The zero-order valence-electron chi connectivity index (χ0n) is 10.5. The van der Waals surface area contributed by atoms with Crippen molar-refractivity contribution in [2.24, 2.45) is 0 Å². The number of hydrogen-bond acceptors (Lipinski definition) is 2. The van der Waals surface area contributed by atoms with Crippen molar-refractivity contribution in [3.63, 3.8) is 0 Å². The molecule has 2 heteroatoms. The molecule has 0 saturated carbocycles. The van der Waals surface area contributed by atoms with Crippen LogP contribution in [-0.2, 0) is 0 Å². The molecule has 0 amide bonds. The summed E-state index contributed by atoms with van der Waals surface area (Å²) in [6, 6.07) is 11.2. The Morgan fingerprint density at radius 3 is 2.62 bits per heavy atom. The second-order valence-corrected chi connectivity index (χ2v) is 5.03. The van der Waals surface area contributed by atoms with Gasteiger partial charge < -0.3 is 5.32 Å². The molecule has 1 saturated heterocycles. The molecule has 1 heterocycles. The SMILES string of the molecule is CCN1CCN[C@@H](c2ccccc2)C1(C)C. The normalized spacial score (nSPS) is 25.6. The molecule has 88 valence electrons. The molecule has 1 N–H and O–H groups in total. The third-order valence-corrected chi connectivity index (χ3v) is 3.77. The maximum absolute atomic E-state index is 3.65. The average molecular weight is 218 g/mol. The van der Waals surface area contributed by atoms with E-state index in [0.717, 1.165) is 19.6 Å². The Labute approximate surface area is 98.7 Å². The lowest BCUT2D eigenvalue weighted by molar-refractivity contribution is 0.0531. The van der Waals surface area contributed by atoms with E-state index in [4.69, 9.17) is 0 Å². The van der Waals surface area contributed by atoms with E-state index in [9.17, 15) is 0 Å². The van der Waals surface area contributed by atoms with Gasteiger partial charge in [0, 0.05) is 18.6 Å². The Morgan fingerprint density at radius 2 is 2.00 bits per heavy atom. The molecule has 0 spiro atoms. The molecule has 16 heavy (non-hydrogen) atoms. The van der Waals surface area contributed by atoms with E-state index in [1.165, 1.54) is 5.56 Å². The summed E-state index contributed by atoms with van der Waals surface area (Å²) in [6.45, 7) is 10.3. The quantitative estimate of drug-likeness (QED) is 0.820. The van der Waals surface area contributed by atoms with Crippen molar-refractivity contribution in [3.8, 4) is 0 Å². The highest BCUT2D eigenvalue weighted by Gasteiger charge is 2.38. The van der Waals surface area contributed by atoms with Crippen LogP contribution in [0, 0.1) is 0 Å². The van der Waals surface area contributed by atoms with Crippen LogP contribution in [0.2, 0.25) is 0 Å². The zero-order chi connectivity index (χ0) is 11.6. The van der Waals surface area contributed by atoms with E-state index in [2.05, 4.69) is 61.3 Å². The number of rotatable bonds is 2. The van der Waals surface area contributed by atoms with Gasteiger partial charge in [0.25, 0.3) is 0 Å². The average Bonchev–Trinajstić information content (AvgIpc) is 2.29. The highest BCUT2D eigenvalue weighted by Crippen LogP contribution is 2.32. The molecule has 1 atom stereocenters. The summed E-state index contributed by atoms with van der Waals surface area (Å²) in [6.07, 6.45) is 0. The molecular weight excluding hydrogens is 196 g/mol. The van der Waals surface area contributed by atoms with E-state index >= 15 is 0 Å². The number of nitrogens with one attached hydrogen (secondary N) is 1. The summed E-state index contributed by atoms with van der Waals surface area (Å²) in [5.74, 6) is 0. The van der Waals surface area contributed by atoms with Gasteiger partial charge in [-0.1, -0.05) is 37.3 Å². The van der Waals surface area contributed by atoms with Crippen molar-refractivity contribution in [1.82, 2.24) is 10.2 Å². The molecule has 1 aromatic rings. The van der Waals surface area contributed by atoms with Gasteiger partial charge in [-0.25, -0.2) is 0 Å². The third kappa shape index (κ3) is 2.00. The van der Waals surface area contributed by atoms with Crippen LogP contribution in [0.1, 0.15) is 32.4 Å². The second kappa shape index (κ2) is 4.56. The summed E-state index contributed by atoms with van der Waals surface area (Å²) < 4.78 is 0. The van der Waals surface area contributed by atoms with Gasteiger partial charge in [-0.3, -0.25) is 4.90 Å².